The molecule has 9 heteroatoms. The van der Waals surface area contributed by atoms with Crippen LogP contribution in [-0.4, -0.2) is 71.6 Å². The van der Waals surface area contributed by atoms with Crippen molar-refractivity contribution in [2.45, 2.75) is 6.04 Å². The Hall–Kier alpha value is -0.740. The lowest BCUT2D eigenvalue weighted by molar-refractivity contribution is -0.124. The summed E-state index contributed by atoms with van der Waals surface area (Å²) in [6.45, 7) is 1.57. The molecular weight excluding hydrogens is 260 g/mol. The number of nitrogens with zero attached hydrogens (tertiary/aromatic N) is 1. The van der Waals surface area contributed by atoms with Crippen molar-refractivity contribution >= 4 is 16.1 Å². The Balaban J connectivity index is 2.73. The third-order valence-electron chi connectivity index (χ3n) is 2.64. The van der Waals surface area contributed by atoms with Crippen molar-refractivity contribution in [3.63, 3.8) is 0 Å². The summed E-state index contributed by atoms with van der Waals surface area (Å²) < 4.78 is 32.5. The second-order valence-electron chi connectivity index (χ2n) is 3.84. The summed E-state index contributed by atoms with van der Waals surface area (Å²) in [5, 5.41) is 5.47. The molecule has 18 heavy (non-hydrogen) atoms. The van der Waals surface area contributed by atoms with Gasteiger partial charge in [0.2, 0.25) is 5.91 Å². The van der Waals surface area contributed by atoms with Gasteiger partial charge in [0.15, 0.2) is 0 Å². The van der Waals surface area contributed by atoms with Gasteiger partial charge >= 0.3 is 0 Å². The third kappa shape index (κ3) is 3.89. The van der Waals surface area contributed by atoms with Gasteiger partial charge in [-0.15, -0.1) is 0 Å². The van der Waals surface area contributed by atoms with Crippen molar-refractivity contribution in [3.05, 3.63) is 0 Å². The van der Waals surface area contributed by atoms with Crippen LogP contribution in [0.5, 0.6) is 0 Å². The molecule has 3 N–H and O–H groups in total. The fourth-order valence-corrected chi connectivity index (χ4v) is 3.06. The van der Waals surface area contributed by atoms with Crippen LogP contribution in [-0.2, 0) is 19.7 Å². The highest BCUT2D eigenvalue weighted by atomic mass is 32.2. The van der Waals surface area contributed by atoms with Crippen molar-refractivity contribution in [3.8, 4) is 0 Å². The molecule has 1 unspecified atom stereocenters. The first kappa shape index (κ1) is 15.3. The lowest BCUT2D eigenvalue weighted by atomic mass is 10.2. The molecule has 8 nitrogen and oxygen atoms in total. The molecule has 1 aliphatic rings. The Labute approximate surface area is 107 Å². The number of nitrogens with one attached hydrogen (secondary N) is 3. The van der Waals surface area contributed by atoms with Gasteiger partial charge in [-0.05, 0) is 0 Å². The van der Waals surface area contributed by atoms with E-state index in [-0.39, 0.29) is 25.6 Å². The Morgan fingerprint density at radius 1 is 1.56 bits per heavy atom. The van der Waals surface area contributed by atoms with E-state index in [2.05, 4.69) is 15.4 Å². The maximum absolute atomic E-state index is 12.0. The van der Waals surface area contributed by atoms with Crippen LogP contribution in [0.4, 0.5) is 0 Å². The van der Waals surface area contributed by atoms with Crippen LogP contribution in [0.3, 0.4) is 0 Å². The average Bonchev–Trinajstić information content (AvgIpc) is 2.38. The zero-order chi connectivity index (χ0) is 13.6. The molecule has 1 saturated heterocycles. The first-order valence-electron chi connectivity index (χ1n) is 5.70. The highest BCUT2D eigenvalue weighted by Gasteiger charge is 2.35. The van der Waals surface area contributed by atoms with E-state index in [9.17, 15) is 13.2 Å². The second-order valence-corrected chi connectivity index (χ2v) is 5.54. The number of methoxy groups -OCH3 is 1. The summed E-state index contributed by atoms with van der Waals surface area (Å²) in [5.41, 5.74) is 0. The zero-order valence-electron chi connectivity index (χ0n) is 10.6. The Kier molecular flexibility index (Phi) is 5.96. The Bertz CT molecular complexity index is 373. The lowest BCUT2D eigenvalue weighted by Crippen LogP contribution is -2.61. The van der Waals surface area contributed by atoms with Crippen LogP contribution >= 0.6 is 0 Å². The van der Waals surface area contributed by atoms with Crippen LogP contribution in [0.1, 0.15) is 0 Å². The molecule has 0 aliphatic carbocycles. The first-order chi connectivity index (χ1) is 8.53. The van der Waals surface area contributed by atoms with Crippen LogP contribution in [0.25, 0.3) is 0 Å². The maximum atomic E-state index is 12.0. The quantitative estimate of drug-likeness (QED) is 0.467. The molecule has 1 amide bonds. The monoisotopic (exact) mass is 280 g/mol. The number of carbonyl (C=O) groups is 1. The second kappa shape index (κ2) is 7.00. The smallest absolute Gasteiger partial charge is 0.280 e. The molecule has 0 bridgehead atoms. The van der Waals surface area contributed by atoms with Crippen LogP contribution in [0.15, 0.2) is 0 Å². The first-order valence-corrected chi connectivity index (χ1v) is 7.14. The third-order valence-corrected chi connectivity index (χ3v) is 4.27. The summed E-state index contributed by atoms with van der Waals surface area (Å²) in [7, 11) is -0.679. The predicted octanol–water partition coefficient (Wildman–Crippen LogP) is -2.51. The van der Waals surface area contributed by atoms with Gasteiger partial charge in [0.05, 0.1) is 6.61 Å². The number of likely N-dealkylation sites (N-methyl/N-ethyl adjacent to an activating group) is 1. The van der Waals surface area contributed by atoms with E-state index in [4.69, 9.17) is 4.74 Å². The van der Waals surface area contributed by atoms with Gasteiger partial charge in [0.25, 0.3) is 10.2 Å². The molecule has 1 atom stereocenters. The van der Waals surface area contributed by atoms with Crippen molar-refractivity contribution in [1.29, 1.82) is 0 Å². The van der Waals surface area contributed by atoms with Crippen molar-refractivity contribution < 1.29 is 17.9 Å². The van der Waals surface area contributed by atoms with Gasteiger partial charge in [-0.25, -0.2) is 0 Å². The molecule has 0 spiro atoms. The summed E-state index contributed by atoms with van der Waals surface area (Å²) >= 11 is 0. The molecule has 0 aromatic rings. The van der Waals surface area contributed by atoms with Gasteiger partial charge in [0.1, 0.15) is 6.04 Å². The van der Waals surface area contributed by atoms with Gasteiger partial charge in [-0.1, -0.05) is 0 Å². The molecule has 0 radical (unpaired) electrons. The van der Waals surface area contributed by atoms with Crippen LogP contribution in [0.2, 0.25) is 0 Å². The normalized spacial score (nSPS) is 21.8. The Morgan fingerprint density at radius 3 is 2.89 bits per heavy atom. The molecule has 1 aliphatic heterocycles. The zero-order valence-corrected chi connectivity index (χ0v) is 11.4. The van der Waals surface area contributed by atoms with E-state index in [1.54, 1.807) is 0 Å². The highest BCUT2D eigenvalue weighted by Crippen LogP contribution is 2.08. The Morgan fingerprint density at radius 2 is 2.28 bits per heavy atom. The van der Waals surface area contributed by atoms with Crippen molar-refractivity contribution in [2.75, 3.05) is 46.9 Å². The molecule has 1 fully saturated rings. The van der Waals surface area contributed by atoms with E-state index in [0.717, 1.165) is 0 Å². The van der Waals surface area contributed by atoms with E-state index in [1.807, 2.05) is 0 Å². The van der Waals surface area contributed by atoms with Crippen molar-refractivity contribution in [1.82, 2.24) is 19.7 Å². The summed E-state index contributed by atoms with van der Waals surface area (Å²) in [6, 6.07) is -0.719. The summed E-state index contributed by atoms with van der Waals surface area (Å²) in [6.07, 6.45) is 0. The molecule has 0 aromatic carbocycles. The minimum Gasteiger partial charge on any atom is -0.383 e. The largest absolute Gasteiger partial charge is 0.383 e. The number of rotatable bonds is 6. The minimum absolute atomic E-state index is 0.184. The molecule has 0 saturated carbocycles. The molecule has 106 valence electrons. The van der Waals surface area contributed by atoms with Gasteiger partial charge in [-0.2, -0.15) is 17.4 Å². The predicted molar refractivity (Wildman–Crippen MR) is 66.2 cm³/mol. The van der Waals surface area contributed by atoms with Crippen LogP contribution in [0, 0.1) is 0 Å². The maximum Gasteiger partial charge on any atom is 0.280 e. The van der Waals surface area contributed by atoms with Crippen molar-refractivity contribution in [2.24, 2.45) is 0 Å². The lowest BCUT2D eigenvalue weighted by Gasteiger charge is -2.33. The molecule has 1 heterocycles. The fourth-order valence-electron chi connectivity index (χ4n) is 1.72. The van der Waals surface area contributed by atoms with E-state index in [0.29, 0.717) is 13.1 Å². The summed E-state index contributed by atoms with van der Waals surface area (Å²) in [5.74, 6) is -0.320. The molecule has 1 rings (SSSR count). The standard InChI is InChI=1S/C9H20N4O4S/c1-10-9(14)8-7-11-3-5-13(8)18(15,16)12-4-6-17-2/h8,11-12H,3-7H2,1-2H3,(H,10,14). The van der Waals surface area contributed by atoms with Gasteiger partial charge < -0.3 is 15.4 Å². The number of carbonyl (C=O) groups excluding carboxylic acids is 1. The van der Waals surface area contributed by atoms with E-state index < -0.39 is 16.3 Å². The van der Waals surface area contributed by atoms with Gasteiger partial charge in [0, 0.05) is 40.3 Å². The molecule has 0 aromatic heterocycles. The highest BCUT2D eigenvalue weighted by molar-refractivity contribution is 7.87. The topological polar surface area (TPSA) is 99.8 Å². The number of hydrogen-bond acceptors (Lipinski definition) is 5. The number of piperazine rings is 1. The van der Waals surface area contributed by atoms with Crippen LogP contribution < -0.4 is 15.4 Å². The molecular formula is C9H20N4O4S. The number of ether oxygens (including phenoxy) is 1. The summed E-state index contributed by atoms with van der Waals surface area (Å²) in [4.78, 5) is 11.6. The van der Waals surface area contributed by atoms with Gasteiger partial charge in [-0.3, -0.25) is 4.79 Å². The fraction of sp³-hybridized carbons (Fsp3) is 0.889. The minimum atomic E-state index is -3.66. The number of hydrogen-bond donors (Lipinski definition) is 3. The van der Waals surface area contributed by atoms with E-state index >= 15 is 0 Å². The average molecular weight is 280 g/mol. The SMILES string of the molecule is CNC(=O)C1CNCCN1S(=O)(=O)NCCOC. The van der Waals surface area contributed by atoms with E-state index in [1.165, 1.54) is 18.5 Å². The number of amides is 1.